The Labute approximate surface area is 90.6 Å². The smallest absolute Gasteiger partial charge is 0.222 e. The molecule has 15 heavy (non-hydrogen) atoms. The van der Waals surface area contributed by atoms with Gasteiger partial charge in [-0.15, -0.1) is 0 Å². The molecule has 0 bridgehead atoms. The summed E-state index contributed by atoms with van der Waals surface area (Å²) in [5.41, 5.74) is 0. The first-order chi connectivity index (χ1) is 7.22. The molecule has 1 heterocycles. The largest absolute Gasteiger partial charge is 0.378 e. The van der Waals surface area contributed by atoms with Crippen LogP contribution in [0.15, 0.2) is 0 Å². The zero-order chi connectivity index (χ0) is 11.1. The molecule has 2 unspecified atom stereocenters. The summed E-state index contributed by atoms with van der Waals surface area (Å²) in [6.07, 6.45) is 4.08. The molecule has 0 aromatic carbocycles. The highest BCUT2D eigenvalue weighted by Crippen LogP contribution is 2.15. The van der Waals surface area contributed by atoms with Crippen molar-refractivity contribution < 1.29 is 9.53 Å². The van der Waals surface area contributed by atoms with Crippen molar-refractivity contribution in [3.63, 3.8) is 0 Å². The normalized spacial score (nSPS) is 22.8. The van der Waals surface area contributed by atoms with Crippen LogP contribution in [0.1, 0.15) is 39.0 Å². The Bertz CT molecular complexity index is 241. The fourth-order valence-corrected chi connectivity index (χ4v) is 1.70. The van der Waals surface area contributed by atoms with E-state index in [0.29, 0.717) is 12.8 Å². The second kappa shape index (κ2) is 6.41. The average Bonchev–Trinajstić information content (AvgIpc) is 2.19. The molecule has 0 radical (unpaired) electrons. The molecule has 0 saturated carbocycles. The zero-order valence-electron chi connectivity index (χ0n) is 9.16. The fraction of sp³-hybridized carbons (Fsp3) is 0.818. The lowest BCUT2D eigenvalue weighted by Gasteiger charge is -2.22. The Kier molecular flexibility index (Phi) is 5.13. The van der Waals surface area contributed by atoms with E-state index < -0.39 is 0 Å². The van der Waals surface area contributed by atoms with Gasteiger partial charge in [-0.05, 0) is 26.2 Å². The van der Waals surface area contributed by atoms with Gasteiger partial charge in [-0.3, -0.25) is 4.79 Å². The molecule has 0 aliphatic carbocycles. The lowest BCUT2D eigenvalue weighted by Crippen LogP contribution is -2.35. The minimum Gasteiger partial charge on any atom is -0.378 e. The molecule has 4 heteroatoms. The van der Waals surface area contributed by atoms with Crippen molar-refractivity contribution in [3.8, 4) is 6.07 Å². The first-order valence-electron chi connectivity index (χ1n) is 5.50. The van der Waals surface area contributed by atoms with Crippen molar-refractivity contribution in [2.75, 3.05) is 6.61 Å². The number of nitriles is 1. The van der Waals surface area contributed by atoms with E-state index in [1.165, 1.54) is 0 Å². The first kappa shape index (κ1) is 12.0. The van der Waals surface area contributed by atoms with Gasteiger partial charge < -0.3 is 10.1 Å². The zero-order valence-corrected chi connectivity index (χ0v) is 9.16. The SMILES string of the molecule is CC(CC#N)NC(=O)CC1CCCCO1. The van der Waals surface area contributed by atoms with Crippen LogP contribution in [0.4, 0.5) is 0 Å². The van der Waals surface area contributed by atoms with Crippen LogP contribution in [-0.4, -0.2) is 24.7 Å². The Balaban J connectivity index is 2.20. The third-order valence-electron chi connectivity index (χ3n) is 2.49. The highest BCUT2D eigenvalue weighted by molar-refractivity contribution is 5.76. The molecule has 2 atom stereocenters. The molecule has 1 aliphatic heterocycles. The van der Waals surface area contributed by atoms with Gasteiger partial charge in [0.15, 0.2) is 0 Å². The van der Waals surface area contributed by atoms with Crippen molar-refractivity contribution in [2.45, 2.75) is 51.2 Å². The van der Waals surface area contributed by atoms with Crippen LogP contribution < -0.4 is 5.32 Å². The van der Waals surface area contributed by atoms with Gasteiger partial charge in [0, 0.05) is 12.6 Å². The number of carbonyl (C=O) groups is 1. The third-order valence-corrected chi connectivity index (χ3v) is 2.49. The molecule has 84 valence electrons. The van der Waals surface area contributed by atoms with E-state index in [1.807, 2.05) is 13.0 Å². The lowest BCUT2D eigenvalue weighted by molar-refractivity contribution is -0.125. The van der Waals surface area contributed by atoms with E-state index in [4.69, 9.17) is 10.00 Å². The standard InChI is InChI=1S/C11H18N2O2/c1-9(5-6-12)13-11(14)8-10-4-2-3-7-15-10/h9-10H,2-5,7-8H2,1H3,(H,13,14). The van der Waals surface area contributed by atoms with Crippen molar-refractivity contribution in [1.29, 1.82) is 5.26 Å². The van der Waals surface area contributed by atoms with Crippen molar-refractivity contribution in [1.82, 2.24) is 5.32 Å². The predicted octanol–water partition coefficient (Wildman–Crippen LogP) is 1.36. The number of ether oxygens (including phenoxy) is 1. The molecule has 0 aromatic rings. The van der Waals surface area contributed by atoms with Gasteiger partial charge in [-0.25, -0.2) is 0 Å². The molecule has 4 nitrogen and oxygen atoms in total. The van der Waals surface area contributed by atoms with E-state index in [0.717, 1.165) is 25.9 Å². The number of carbonyl (C=O) groups excluding carboxylic acids is 1. The van der Waals surface area contributed by atoms with Crippen LogP contribution in [0.5, 0.6) is 0 Å². The molecular formula is C11H18N2O2. The summed E-state index contributed by atoms with van der Waals surface area (Å²) in [4.78, 5) is 11.5. The Morgan fingerprint density at radius 1 is 1.67 bits per heavy atom. The van der Waals surface area contributed by atoms with Gasteiger partial charge >= 0.3 is 0 Å². The summed E-state index contributed by atoms with van der Waals surface area (Å²) >= 11 is 0. The number of nitrogens with one attached hydrogen (secondary N) is 1. The number of rotatable bonds is 4. The summed E-state index contributed by atoms with van der Waals surface area (Å²) in [6, 6.07) is 1.97. The molecule has 1 amide bonds. The lowest BCUT2D eigenvalue weighted by atomic mass is 10.1. The second-order valence-corrected chi connectivity index (χ2v) is 4.02. The summed E-state index contributed by atoms with van der Waals surface area (Å²) in [5.74, 6) is -0.00958. The van der Waals surface area contributed by atoms with Crippen LogP contribution in [-0.2, 0) is 9.53 Å². The predicted molar refractivity (Wildman–Crippen MR) is 56.0 cm³/mol. The molecule has 1 rings (SSSR count). The van der Waals surface area contributed by atoms with E-state index in [2.05, 4.69) is 5.32 Å². The van der Waals surface area contributed by atoms with Crippen LogP contribution in [0, 0.1) is 11.3 Å². The summed E-state index contributed by atoms with van der Waals surface area (Å²) in [5, 5.41) is 11.2. The van der Waals surface area contributed by atoms with E-state index in [9.17, 15) is 4.79 Å². The highest BCUT2D eigenvalue weighted by atomic mass is 16.5. The first-order valence-corrected chi connectivity index (χ1v) is 5.50. The monoisotopic (exact) mass is 210 g/mol. The van der Waals surface area contributed by atoms with Crippen LogP contribution in [0.25, 0.3) is 0 Å². The van der Waals surface area contributed by atoms with Crippen LogP contribution in [0.3, 0.4) is 0 Å². The maximum Gasteiger partial charge on any atom is 0.222 e. The van der Waals surface area contributed by atoms with Gasteiger partial charge in [0.05, 0.1) is 25.0 Å². The Morgan fingerprint density at radius 2 is 2.47 bits per heavy atom. The van der Waals surface area contributed by atoms with Gasteiger partial charge in [0.25, 0.3) is 0 Å². The van der Waals surface area contributed by atoms with Gasteiger partial charge in [-0.2, -0.15) is 5.26 Å². The molecule has 1 fully saturated rings. The molecule has 1 saturated heterocycles. The van der Waals surface area contributed by atoms with Crippen molar-refractivity contribution in [3.05, 3.63) is 0 Å². The third kappa shape index (κ3) is 4.80. The van der Waals surface area contributed by atoms with Gasteiger partial charge in [0.2, 0.25) is 5.91 Å². The number of hydrogen-bond acceptors (Lipinski definition) is 3. The molecule has 1 N–H and O–H groups in total. The van der Waals surface area contributed by atoms with Crippen molar-refractivity contribution >= 4 is 5.91 Å². The number of hydrogen-bond donors (Lipinski definition) is 1. The maximum atomic E-state index is 11.5. The summed E-state index contributed by atoms with van der Waals surface area (Å²) in [7, 11) is 0. The fourth-order valence-electron chi connectivity index (χ4n) is 1.70. The minimum absolute atomic E-state index is 0.00958. The number of nitrogens with zero attached hydrogens (tertiary/aromatic N) is 1. The average molecular weight is 210 g/mol. The quantitative estimate of drug-likeness (QED) is 0.762. The Morgan fingerprint density at radius 3 is 3.07 bits per heavy atom. The van der Waals surface area contributed by atoms with Gasteiger partial charge in [-0.1, -0.05) is 0 Å². The highest BCUT2D eigenvalue weighted by Gasteiger charge is 2.18. The Hall–Kier alpha value is -1.08. The van der Waals surface area contributed by atoms with Crippen LogP contribution in [0.2, 0.25) is 0 Å². The number of amides is 1. The van der Waals surface area contributed by atoms with Gasteiger partial charge in [0.1, 0.15) is 0 Å². The summed E-state index contributed by atoms with van der Waals surface area (Å²) < 4.78 is 5.46. The van der Waals surface area contributed by atoms with E-state index >= 15 is 0 Å². The summed E-state index contributed by atoms with van der Waals surface area (Å²) in [6.45, 7) is 2.61. The minimum atomic E-state index is -0.0638. The molecule has 0 spiro atoms. The maximum absolute atomic E-state index is 11.5. The van der Waals surface area contributed by atoms with Crippen LogP contribution >= 0.6 is 0 Å². The second-order valence-electron chi connectivity index (χ2n) is 4.02. The van der Waals surface area contributed by atoms with Crippen molar-refractivity contribution in [2.24, 2.45) is 0 Å². The molecular weight excluding hydrogens is 192 g/mol. The topological polar surface area (TPSA) is 62.1 Å². The molecule has 0 aromatic heterocycles. The van der Waals surface area contributed by atoms with E-state index in [-0.39, 0.29) is 18.1 Å². The van der Waals surface area contributed by atoms with E-state index in [1.54, 1.807) is 0 Å². The molecule has 1 aliphatic rings.